The van der Waals surface area contributed by atoms with E-state index in [-0.39, 0.29) is 12.1 Å². The molecule has 0 spiro atoms. The van der Waals surface area contributed by atoms with E-state index in [0.717, 1.165) is 12.1 Å². The highest BCUT2D eigenvalue weighted by atomic mass is 32.2. The molecule has 0 bridgehead atoms. The lowest BCUT2D eigenvalue weighted by Gasteiger charge is -2.16. The Balaban J connectivity index is 3.08. The quantitative estimate of drug-likeness (QED) is 0.568. The molecule has 1 aromatic rings. The molecule has 1 rings (SSSR count). The lowest BCUT2D eigenvalue weighted by molar-refractivity contribution is 0.469. The minimum absolute atomic E-state index is 0.00948. The predicted molar refractivity (Wildman–Crippen MR) is 60.0 cm³/mol. The Hall–Kier alpha value is -1.41. The van der Waals surface area contributed by atoms with Gasteiger partial charge in [-0.3, -0.25) is 4.55 Å². The van der Waals surface area contributed by atoms with E-state index in [1.54, 1.807) is 0 Å². The van der Waals surface area contributed by atoms with Crippen molar-refractivity contribution in [2.75, 3.05) is 11.1 Å². The molecule has 1 aromatic carbocycles. The summed E-state index contributed by atoms with van der Waals surface area (Å²) in [6.07, 6.45) is 0.00948. The molecule has 0 fully saturated rings. The third-order valence-electron chi connectivity index (χ3n) is 2.17. The van der Waals surface area contributed by atoms with Crippen LogP contribution in [0.5, 0.6) is 0 Å². The van der Waals surface area contributed by atoms with Crippen LogP contribution in [-0.2, 0) is 10.1 Å². The number of nitrogen functional groups attached to an aromatic ring is 1. The molecule has 0 saturated heterocycles. The van der Waals surface area contributed by atoms with Crippen molar-refractivity contribution >= 4 is 21.5 Å². The number of halogens is 2. The maximum Gasteiger partial charge on any atom is 0.286 e. The highest BCUT2D eigenvalue weighted by Gasteiger charge is 2.22. The van der Waals surface area contributed by atoms with Crippen molar-refractivity contribution in [3.63, 3.8) is 0 Å². The van der Waals surface area contributed by atoms with Crippen LogP contribution >= 0.6 is 0 Å². The zero-order valence-corrected chi connectivity index (χ0v) is 9.76. The van der Waals surface area contributed by atoms with Crippen molar-refractivity contribution < 1.29 is 21.8 Å². The van der Waals surface area contributed by atoms with Gasteiger partial charge in [-0.25, -0.2) is 8.78 Å². The summed E-state index contributed by atoms with van der Waals surface area (Å²) in [5.41, 5.74) is 4.11. The van der Waals surface area contributed by atoms with E-state index in [4.69, 9.17) is 10.3 Å². The number of anilines is 2. The molecule has 1 unspecified atom stereocenters. The highest BCUT2D eigenvalue weighted by molar-refractivity contribution is 7.86. The molecule has 0 aliphatic heterocycles. The molecular weight excluding hydrogens is 254 g/mol. The Bertz CT molecular complexity index is 519. The summed E-state index contributed by atoms with van der Waals surface area (Å²) < 4.78 is 56.9. The average Bonchev–Trinajstić information content (AvgIpc) is 2.23. The van der Waals surface area contributed by atoms with Gasteiger partial charge in [-0.1, -0.05) is 6.92 Å². The van der Waals surface area contributed by atoms with Gasteiger partial charge in [-0.2, -0.15) is 8.42 Å². The van der Waals surface area contributed by atoms with Crippen LogP contribution in [0.3, 0.4) is 0 Å². The summed E-state index contributed by atoms with van der Waals surface area (Å²) in [6.45, 7) is 1.48. The average molecular weight is 266 g/mol. The van der Waals surface area contributed by atoms with Gasteiger partial charge in [0.1, 0.15) is 11.5 Å². The monoisotopic (exact) mass is 266 g/mol. The van der Waals surface area contributed by atoms with E-state index in [1.807, 2.05) is 0 Å². The van der Waals surface area contributed by atoms with Crippen LogP contribution in [0.25, 0.3) is 0 Å². The molecule has 0 heterocycles. The molecule has 0 radical (unpaired) electrons. The van der Waals surface area contributed by atoms with Crippen LogP contribution in [0.4, 0.5) is 20.2 Å². The van der Waals surface area contributed by atoms with E-state index >= 15 is 0 Å². The fourth-order valence-electron chi connectivity index (χ4n) is 1.24. The van der Waals surface area contributed by atoms with Crippen molar-refractivity contribution in [2.45, 2.75) is 18.7 Å². The smallest absolute Gasteiger partial charge is 0.286 e. The van der Waals surface area contributed by atoms with Gasteiger partial charge >= 0.3 is 0 Å². The fourth-order valence-corrected chi connectivity index (χ4v) is 1.94. The topological polar surface area (TPSA) is 92.4 Å². The maximum atomic E-state index is 13.4. The number of nitrogens with one attached hydrogen (secondary N) is 1. The number of benzene rings is 1. The Kier molecular flexibility index (Phi) is 3.89. The molecule has 0 aliphatic rings. The molecule has 8 heteroatoms. The first-order valence-electron chi connectivity index (χ1n) is 4.73. The third kappa shape index (κ3) is 3.04. The molecule has 17 heavy (non-hydrogen) atoms. The van der Waals surface area contributed by atoms with E-state index < -0.39 is 32.8 Å². The largest absolute Gasteiger partial charge is 0.394 e. The van der Waals surface area contributed by atoms with Crippen molar-refractivity contribution in [3.8, 4) is 0 Å². The van der Waals surface area contributed by atoms with Crippen molar-refractivity contribution in [1.29, 1.82) is 0 Å². The lowest BCUT2D eigenvalue weighted by atomic mass is 10.2. The number of nitrogens with two attached hydrogens (primary N) is 1. The number of hydrogen-bond acceptors (Lipinski definition) is 4. The van der Waals surface area contributed by atoms with E-state index in [2.05, 4.69) is 5.32 Å². The van der Waals surface area contributed by atoms with Gasteiger partial charge in [-0.05, 0) is 18.6 Å². The molecule has 0 aromatic heterocycles. The van der Waals surface area contributed by atoms with Gasteiger partial charge in [0.25, 0.3) is 10.1 Å². The molecule has 0 saturated carbocycles. The first kappa shape index (κ1) is 13.7. The minimum Gasteiger partial charge on any atom is -0.394 e. The maximum absolute atomic E-state index is 13.4. The Labute approximate surface area is 97.4 Å². The van der Waals surface area contributed by atoms with Crippen LogP contribution in [0.1, 0.15) is 13.3 Å². The predicted octanol–water partition coefficient (Wildman–Crippen LogP) is 1.58. The Morgan fingerprint density at radius 2 is 2.06 bits per heavy atom. The second-order valence-electron chi connectivity index (χ2n) is 3.38. The van der Waals surface area contributed by atoms with Crippen LogP contribution < -0.4 is 11.1 Å². The number of hydrogen-bond donors (Lipinski definition) is 3. The summed E-state index contributed by atoms with van der Waals surface area (Å²) >= 11 is 0. The van der Waals surface area contributed by atoms with Crippen LogP contribution in [0.15, 0.2) is 12.1 Å². The van der Waals surface area contributed by atoms with Gasteiger partial charge in [0.2, 0.25) is 0 Å². The second kappa shape index (κ2) is 4.84. The Morgan fingerprint density at radius 1 is 1.47 bits per heavy atom. The number of rotatable bonds is 4. The standard InChI is InChI=1S/C9H12F2N2O3S/c1-2-7(17(14,15)16)13-6-4-3-5(10)9(12)8(6)11/h3-4,7,13H,2,12H2,1H3,(H,14,15,16). The fraction of sp³-hybridized carbons (Fsp3) is 0.333. The van der Waals surface area contributed by atoms with Crippen molar-refractivity contribution in [2.24, 2.45) is 0 Å². The van der Waals surface area contributed by atoms with E-state index in [1.165, 1.54) is 6.92 Å². The summed E-state index contributed by atoms with van der Waals surface area (Å²) in [7, 11) is -4.37. The summed E-state index contributed by atoms with van der Waals surface area (Å²) in [5, 5.41) is 0.872. The van der Waals surface area contributed by atoms with Crippen molar-refractivity contribution in [3.05, 3.63) is 23.8 Å². The van der Waals surface area contributed by atoms with Crippen LogP contribution in [0, 0.1) is 11.6 Å². The molecule has 0 amide bonds. The van der Waals surface area contributed by atoms with Gasteiger partial charge in [0.05, 0.1) is 5.69 Å². The molecule has 96 valence electrons. The lowest BCUT2D eigenvalue weighted by Crippen LogP contribution is -2.28. The first-order chi connectivity index (χ1) is 7.77. The van der Waals surface area contributed by atoms with Gasteiger partial charge in [0, 0.05) is 0 Å². The summed E-state index contributed by atoms with van der Waals surface area (Å²) in [5.74, 6) is -2.03. The van der Waals surface area contributed by atoms with Gasteiger partial charge in [-0.15, -0.1) is 0 Å². The molecule has 0 aliphatic carbocycles. The van der Waals surface area contributed by atoms with Gasteiger partial charge in [0.15, 0.2) is 11.2 Å². The Morgan fingerprint density at radius 3 is 2.53 bits per heavy atom. The van der Waals surface area contributed by atoms with Crippen LogP contribution in [-0.4, -0.2) is 18.3 Å². The first-order valence-corrected chi connectivity index (χ1v) is 6.24. The van der Waals surface area contributed by atoms with E-state index in [0.29, 0.717) is 0 Å². The van der Waals surface area contributed by atoms with Crippen molar-refractivity contribution in [1.82, 2.24) is 0 Å². The minimum atomic E-state index is -4.37. The van der Waals surface area contributed by atoms with E-state index in [9.17, 15) is 17.2 Å². The molecule has 4 N–H and O–H groups in total. The molecule has 1 atom stereocenters. The van der Waals surface area contributed by atoms with Crippen LogP contribution in [0.2, 0.25) is 0 Å². The highest BCUT2D eigenvalue weighted by Crippen LogP contribution is 2.24. The SMILES string of the molecule is CCC(Nc1ccc(F)c(N)c1F)S(=O)(=O)O. The normalized spacial score (nSPS) is 13.4. The zero-order valence-electron chi connectivity index (χ0n) is 8.94. The third-order valence-corrected chi connectivity index (χ3v) is 3.34. The second-order valence-corrected chi connectivity index (χ2v) is 4.98. The summed E-state index contributed by atoms with van der Waals surface area (Å²) in [4.78, 5) is 0. The molecule has 5 nitrogen and oxygen atoms in total. The summed E-state index contributed by atoms with van der Waals surface area (Å²) in [6, 6.07) is 1.91. The van der Waals surface area contributed by atoms with Gasteiger partial charge < -0.3 is 11.1 Å². The zero-order chi connectivity index (χ0) is 13.2. The molecular formula is C9H12F2N2O3S.